The Morgan fingerprint density at radius 3 is 1.85 bits per heavy atom. The molecule has 1 aliphatic carbocycles. The van der Waals surface area contributed by atoms with E-state index in [9.17, 15) is 15.2 Å². The van der Waals surface area contributed by atoms with E-state index >= 15 is 4.79 Å². The molecule has 1 saturated carbocycles. The lowest BCUT2D eigenvalue weighted by atomic mass is 9.63. The largest absolute Gasteiger partial charge is 0.465 e. The molecule has 0 saturated heterocycles. The first-order valence-electron chi connectivity index (χ1n) is 16.2. The summed E-state index contributed by atoms with van der Waals surface area (Å²) in [5.74, 6) is -0.443. The summed E-state index contributed by atoms with van der Waals surface area (Å²) >= 11 is 1.53. The molecule has 1 atom stereocenters. The lowest BCUT2D eigenvalue weighted by molar-refractivity contribution is -0.122. The van der Waals surface area contributed by atoms with Crippen LogP contribution in [0.1, 0.15) is 56.9 Å². The van der Waals surface area contributed by atoms with Crippen LogP contribution < -0.4 is 21.2 Å². The van der Waals surface area contributed by atoms with Crippen LogP contribution >= 0.6 is 18.2 Å². The van der Waals surface area contributed by atoms with Crippen molar-refractivity contribution in [2.75, 3.05) is 0 Å². The zero-order valence-electron chi connectivity index (χ0n) is 26.4. The van der Waals surface area contributed by atoms with Crippen molar-refractivity contribution in [3.05, 3.63) is 120 Å². The Bertz CT molecular complexity index is 1840. The molecule has 238 valence electrons. The van der Waals surface area contributed by atoms with Gasteiger partial charge in [-0.15, -0.1) is 11.3 Å². The zero-order valence-corrected chi connectivity index (χ0v) is 28.1. The molecule has 0 radical (unpaired) electrons. The van der Waals surface area contributed by atoms with Crippen LogP contribution in [0.3, 0.4) is 0 Å². The van der Waals surface area contributed by atoms with Gasteiger partial charge in [0, 0.05) is 0 Å². The van der Waals surface area contributed by atoms with Crippen molar-refractivity contribution < 1.29 is 14.7 Å². The van der Waals surface area contributed by atoms with Gasteiger partial charge >= 0.3 is 6.09 Å². The fourth-order valence-electron chi connectivity index (χ4n) is 7.58. The molecule has 6 rings (SSSR count). The third kappa shape index (κ3) is 5.50. The molecule has 0 bridgehead atoms. The van der Waals surface area contributed by atoms with E-state index in [1.165, 1.54) is 11.3 Å². The van der Waals surface area contributed by atoms with E-state index in [1.807, 2.05) is 122 Å². The number of aromatic nitrogens is 1. The van der Waals surface area contributed by atoms with E-state index < -0.39 is 29.7 Å². The number of Topliss-reactive ketones (excluding diaryl/α,β-unsaturated/α-hetero) is 1. The number of nitriles is 1. The summed E-state index contributed by atoms with van der Waals surface area (Å²) in [7, 11) is 0. The van der Waals surface area contributed by atoms with Crippen molar-refractivity contribution in [3.8, 4) is 6.07 Å². The first kappa shape index (κ1) is 32.4. The number of hydrogen-bond donors (Lipinski definition) is 2. The fraction of sp³-hybridized carbons (Fsp3) is 0.256. The lowest BCUT2D eigenvalue weighted by Gasteiger charge is -2.47. The molecule has 1 amide bonds. The molecule has 2 N–H and O–H groups in total. The molecule has 0 spiro atoms. The number of fused-ring (bicyclic) bond motifs is 1. The molecule has 4 aromatic carbocycles. The summed E-state index contributed by atoms with van der Waals surface area (Å²) in [5, 5.41) is 28.3. The first-order chi connectivity index (χ1) is 22.9. The van der Waals surface area contributed by atoms with Crippen molar-refractivity contribution in [1.29, 1.82) is 5.26 Å². The quantitative estimate of drug-likeness (QED) is 0.143. The highest BCUT2D eigenvalue weighted by Crippen LogP contribution is 2.55. The van der Waals surface area contributed by atoms with Crippen molar-refractivity contribution in [3.63, 3.8) is 0 Å². The summed E-state index contributed by atoms with van der Waals surface area (Å²) in [4.78, 5) is 34.1. The Morgan fingerprint density at radius 2 is 1.38 bits per heavy atom. The molecule has 1 aromatic heterocycles. The third-order valence-corrected chi connectivity index (χ3v) is 15.1. The van der Waals surface area contributed by atoms with Gasteiger partial charge in [0.05, 0.1) is 15.6 Å². The molecule has 1 unspecified atom stereocenters. The monoisotopic (exact) mass is 659 g/mol. The number of para-hydroxylation sites is 1. The van der Waals surface area contributed by atoms with Crippen LogP contribution in [0.4, 0.5) is 4.79 Å². The topological polar surface area (TPSA) is 103 Å². The Morgan fingerprint density at radius 1 is 0.872 bits per heavy atom. The summed E-state index contributed by atoms with van der Waals surface area (Å²) in [6.45, 7) is -1.08. The number of carbonyl (C=O) groups excluding carboxylic acids is 1. The lowest BCUT2D eigenvalue weighted by Crippen LogP contribution is -2.68. The molecule has 5 aromatic rings. The Kier molecular flexibility index (Phi) is 9.45. The molecular formula is C39H38N3O3PS. The number of nitrogens with zero attached hydrogens (tertiary/aromatic N) is 2. The number of benzene rings is 4. The highest BCUT2D eigenvalue weighted by molar-refractivity contribution is 7.97. The second kappa shape index (κ2) is 13.7. The average molecular weight is 660 g/mol. The van der Waals surface area contributed by atoms with Gasteiger partial charge in [0.25, 0.3) is 0 Å². The van der Waals surface area contributed by atoms with Crippen molar-refractivity contribution in [2.24, 2.45) is 0 Å². The van der Waals surface area contributed by atoms with Crippen molar-refractivity contribution in [2.45, 2.75) is 62.8 Å². The van der Waals surface area contributed by atoms with E-state index in [0.29, 0.717) is 19.3 Å². The van der Waals surface area contributed by atoms with Crippen LogP contribution in [0, 0.1) is 11.3 Å². The molecular weight excluding hydrogens is 621 g/mol. The van der Waals surface area contributed by atoms with Crippen LogP contribution in [0.5, 0.6) is 0 Å². The van der Waals surface area contributed by atoms with Gasteiger partial charge in [0.15, 0.2) is 0 Å². The van der Waals surface area contributed by atoms with Crippen LogP contribution in [0.2, 0.25) is 0 Å². The van der Waals surface area contributed by atoms with Gasteiger partial charge < -0.3 is 10.4 Å². The smallest absolute Gasteiger partial charge is 0.405 e. The maximum Gasteiger partial charge on any atom is 0.405 e. The van der Waals surface area contributed by atoms with E-state index in [4.69, 9.17) is 4.98 Å². The number of thiazole rings is 1. The molecule has 47 heavy (non-hydrogen) atoms. The molecule has 1 fully saturated rings. The Hall–Kier alpha value is -4.50. The van der Waals surface area contributed by atoms with Gasteiger partial charge in [-0.3, -0.25) is 4.79 Å². The summed E-state index contributed by atoms with van der Waals surface area (Å²) < 4.78 is 0.991. The maximum atomic E-state index is 16.0. The summed E-state index contributed by atoms with van der Waals surface area (Å²) in [5.41, 5.74) is -1.72. The van der Waals surface area contributed by atoms with Crippen molar-refractivity contribution in [1.82, 2.24) is 10.3 Å². The molecule has 0 aliphatic heterocycles. The third-order valence-electron chi connectivity index (χ3n) is 9.68. The summed E-state index contributed by atoms with van der Waals surface area (Å²) in [6, 6.07) is 39.8. The number of carbonyl (C=O) groups is 2. The van der Waals surface area contributed by atoms with Gasteiger partial charge in [0.2, 0.25) is 5.78 Å². The molecule has 8 heteroatoms. The maximum absolute atomic E-state index is 16.0. The van der Waals surface area contributed by atoms with Crippen LogP contribution in [-0.4, -0.2) is 32.8 Å². The molecule has 1 aliphatic rings. The predicted molar refractivity (Wildman–Crippen MR) is 194 cm³/mol. The Labute approximate surface area is 280 Å². The SMILES string of the molecule is CCCCC(NC(=O)O)(C(=O)C(C#N)=P(c1ccccc1)(c1ccccc1)c1ccccc1)C1(c2nc3ccccc3s2)CCCC1. The number of ketones is 1. The van der Waals surface area contributed by atoms with Gasteiger partial charge in [-0.25, -0.2) is 9.78 Å². The fourth-order valence-corrected chi connectivity index (χ4v) is 13.0. The number of rotatable bonds is 11. The van der Waals surface area contributed by atoms with E-state index in [2.05, 4.69) is 11.4 Å². The highest BCUT2D eigenvalue weighted by atomic mass is 32.1. The normalized spacial score (nSPS) is 15.4. The predicted octanol–water partition coefficient (Wildman–Crippen LogP) is 7.56. The second-order valence-corrected chi connectivity index (χ2v) is 16.6. The van der Waals surface area contributed by atoms with Gasteiger partial charge in [-0.1, -0.05) is 136 Å². The van der Waals surface area contributed by atoms with E-state index in [-0.39, 0.29) is 11.7 Å². The first-order valence-corrected chi connectivity index (χ1v) is 18.8. The van der Waals surface area contributed by atoms with Gasteiger partial charge in [-0.05, 0) is 54.2 Å². The standard InChI is InChI=1S/C39H38N3O3PS/c1-2-3-27-39(42-37(44)45,38(25-15-16-26-38)36-41-32-23-13-14-24-34(32)47-36)35(43)33(28-40)46(29-17-7-4-8-18-29,30-19-9-5-10-20-30)31-21-11-6-12-22-31/h4-14,17-24,42H,2-3,15-16,25-27H2,1H3,(H,44,45). The summed E-state index contributed by atoms with van der Waals surface area (Å²) in [6.07, 6.45) is 3.18. The minimum atomic E-state index is -3.13. The highest BCUT2D eigenvalue weighted by Gasteiger charge is 2.61. The molecule has 6 nitrogen and oxygen atoms in total. The number of hydrogen-bond acceptors (Lipinski definition) is 5. The number of carboxylic acid groups (broad SMARTS) is 1. The van der Waals surface area contributed by atoms with E-state index in [1.54, 1.807) is 0 Å². The minimum absolute atomic E-state index is 0.0957. The second-order valence-electron chi connectivity index (χ2n) is 12.2. The average Bonchev–Trinajstić information content (AvgIpc) is 3.79. The van der Waals surface area contributed by atoms with E-state index in [0.717, 1.165) is 50.4 Å². The number of unbranched alkanes of at least 4 members (excludes halogenated alkanes) is 1. The van der Waals surface area contributed by atoms with Crippen LogP contribution in [0.25, 0.3) is 10.2 Å². The Balaban J connectivity index is 1.77. The minimum Gasteiger partial charge on any atom is -0.465 e. The van der Waals surface area contributed by atoms with Gasteiger partial charge in [-0.2, -0.15) is 5.26 Å². The van der Waals surface area contributed by atoms with Crippen LogP contribution in [0.15, 0.2) is 115 Å². The molecule has 1 heterocycles. The number of nitrogens with one attached hydrogen (secondary N) is 1. The zero-order chi connectivity index (χ0) is 32.9. The van der Waals surface area contributed by atoms with Crippen LogP contribution in [-0.2, 0) is 10.2 Å². The van der Waals surface area contributed by atoms with Gasteiger partial charge in [0.1, 0.15) is 21.9 Å². The van der Waals surface area contributed by atoms with Crippen molar-refractivity contribution >= 4 is 61.5 Å². The number of amides is 1.